The molecule has 0 aliphatic heterocycles. The van der Waals surface area contributed by atoms with E-state index in [-0.39, 0.29) is 19.5 Å². The van der Waals surface area contributed by atoms with Gasteiger partial charge in [-0.15, -0.1) is 16.8 Å². The maximum atomic E-state index is 11.5. The second-order valence-electron chi connectivity index (χ2n) is 4.03. The maximum absolute atomic E-state index is 11.5. The molecule has 10 N–H and O–H groups in total. The number of aldehydes is 1. The summed E-state index contributed by atoms with van der Waals surface area (Å²) in [5.41, 5.74) is -3.07. The largest absolute Gasteiger partial charge is 0.507 e. The lowest BCUT2D eigenvalue weighted by Gasteiger charge is -2.24. The van der Waals surface area contributed by atoms with Crippen molar-refractivity contribution >= 4 is 45.5 Å². The van der Waals surface area contributed by atoms with Gasteiger partial charge in [0, 0.05) is 0 Å². The number of hydrogen-bond donors (Lipinski definition) is 10. The molecule has 18 nitrogen and oxygen atoms in total. The van der Waals surface area contributed by atoms with Crippen LogP contribution in [0.15, 0.2) is 0 Å². The summed E-state index contributed by atoms with van der Waals surface area (Å²) in [5, 5.41) is 18.0. The van der Waals surface area contributed by atoms with Gasteiger partial charge in [-0.1, -0.05) is 0 Å². The second kappa shape index (κ2) is 18.3. The first-order chi connectivity index (χ1) is 13.9. The van der Waals surface area contributed by atoms with Crippen molar-refractivity contribution < 1.29 is 103 Å². The molecule has 0 saturated heterocycles. The van der Waals surface area contributed by atoms with E-state index in [4.69, 9.17) is 67.6 Å². The van der Waals surface area contributed by atoms with Gasteiger partial charge < -0.3 is 19.3 Å². The van der Waals surface area contributed by atoms with Gasteiger partial charge in [-0.25, -0.2) is 18.3 Å². The van der Waals surface area contributed by atoms with E-state index >= 15 is 0 Å². The quantitative estimate of drug-likeness (QED) is 0.0833. The van der Waals surface area contributed by atoms with Gasteiger partial charge in [0.15, 0.2) is 6.29 Å². The fourth-order valence-corrected chi connectivity index (χ4v) is 1.90. The van der Waals surface area contributed by atoms with Gasteiger partial charge in [-0.3, -0.25) is 48.5 Å². The summed E-state index contributed by atoms with van der Waals surface area (Å²) < 4.78 is 96.6. The number of rotatable bonds is 6. The van der Waals surface area contributed by atoms with Gasteiger partial charge in [0.2, 0.25) is 0 Å². The molecule has 0 spiro atoms. The molecule has 0 heterocycles. The Morgan fingerprint density at radius 1 is 0.636 bits per heavy atom. The highest BCUT2D eigenvalue weighted by molar-refractivity contribution is 7.56. The Morgan fingerprint density at radius 2 is 0.788 bits per heavy atom. The molecule has 0 fully saturated rings. The fraction of sp³-hybridized carbons (Fsp3) is 0.833. The normalized spacial score (nSPS) is 12.2. The van der Waals surface area contributed by atoms with E-state index in [0.29, 0.717) is 0 Å². The van der Waals surface area contributed by atoms with Crippen LogP contribution in [0.4, 0.5) is 16.8 Å². The van der Waals surface area contributed by atoms with Crippen LogP contribution in [0.3, 0.4) is 0 Å². The van der Waals surface area contributed by atoms with Crippen LogP contribution in [-0.4, -0.2) is 74.4 Å². The highest BCUT2D eigenvalue weighted by Crippen LogP contribution is 2.56. The van der Waals surface area contributed by atoms with Crippen LogP contribution >= 0.6 is 39.2 Å². The van der Waals surface area contributed by atoms with Crippen molar-refractivity contribution in [3.8, 4) is 0 Å². The van der Waals surface area contributed by atoms with E-state index in [2.05, 4.69) is 9.05 Å². The molecule has 0 bridgehead atoms. The zero-order valence-corrected chi connectivity index (χ0v) is 20.4. The lowest BCUT2D eigenvalue weighted by Crippen LogP contribution is -2.32. The standard InChI is InChI=1S/C6H13O6P.4FH2O3P/c1-3-11-13(10,12-4-2)6(8,9)5-7;4*1-5(2,3)4/h5,8-9H,3-4H2,1-2H3;4*(H2,2,3,4). The van der Waals surface area contributed by atoms with Crippen LogP contribution in [0, 0.1) is 0 Å². The topological polar surface area (TPSA) is 323 Å². The highest BCUT2D eigenvalue weighted by atomic mass is 31.2. The summed E-state index contributed by atoms with van der Waals surface area (Å²) in [4.78, 5) is 65.9. The Balaban J connectivity index is -0.000000109. The molecule has 0 radical (unpaired) electrons. The van der Waals surface area contributed by atoms with Crippen molar-refractivity contribution in [2.45, 2.75) is 19.4 Å². The van der Waals surface area contributed by atoms with Gasteiger partial charge in [-0.2, -0.15) is 0 Å². The van der Waals surface area contributed by atoms with Gasteiger partial charge in [0.25, 0.3) is 0 Å². The zero-order chi connectivity index (χ0) is 28.5. The average Bonchev–Trinajstić information content (AvgIpc) is 2.40. The summed E-state index contributed by atoms with van der Waals surface area (Å²) in [6.45, 7) is 2.89. The van der Waals surface area contributed by atoms with E-state index in [0.717, 1.165) is 0 Å². The first-order valence-corrected chi connectivity index (χ1v) is 14.3. The van der Waals surface area contributed by atoms with E-state index < -0.39 is 44.7 Å². The zero-order valence-electron chi connectivity index (χ0n) is 16.0. The van der Waals surface area contributed by atoms with Crippen LogP contribution in [0.1, 0.15) is 13.8 Å². The molecule has 0 aromatic heterocycles. The van der Waals surface area contributed by atoms with Crippen molar-refractivity contribution in [2.75, 3.05) is 13.2 Å². The molecule has 0 rings (SSSR count). The number of carbonyl (C=O) groups excluding carboxylic acids is 1. The lowest BCUT2D eigenvalue weighted by atomic mass is 10.7. The highest BCUT2D eigenvalue weighted by Gasteiger charge is 2.49. The van der Waals surface area contributed by atoms with E-state index in [1.54, 1.807) is 0 Å². The Morgan fingerprint density at radius 3 is 0.879 bits per heavy atom. The Hall–Kier alpha value is 0.0600. The molecule has 0 aliphatic carbocycles. The van der Waals surface area contributed by atoms with E-state index in [1.807, 2.05) is 0 Å². The van der Waals surface area contributed by atoms with Crippen LogP contribution in [-0.2, 0) is 36.7 Å². The Bertz CT molecular complexity index is 626. The summed E-state index contributed by atoms with van der Waals surface area (Å²) >= 11 is 0. The molecule has 27 heteroatoms. The van der Waals surface area contributed by atoms with Crippen molar-refractivity contribution in [1.82, 2.24) is 0 Å². The first kappa shape index (κ1) is 43.2. The third-order valence-corrected chi connectivity index (χ3v) is 3.27. The average molecular weight is 612 g/mol. The van der Waals surface area contributed by atoms with Gasteiger partial charge in [-0.05, 0) is 13.8 Å². The molecular weight excluding hydrogens is 591 g/mol. The van der Waals surface area contributed by atoms with Crippen LogP contribution < -0.4 is 0 Å². The third kappa shape index (κ3) is 72.0. The first-order valence-electron chi connectivity index (χ1n) is 6.74. The van der Waals surface area contributed by atoms with Crippen molar-refractivity contribution in [2.24, 2.45) is 0 Å². The molecule has 0 aromatic rings. The van der Waals surface area contributed by atoms with Crippen molar-refractivity contribution in [3.63, 3.8) is 0 Å². The molecule has 0 aromatic carbocycles. The molecular formula is C6H21F4O18P5. The summed E-state index contributed by atoms with van der Waals surface area (Å²) in [6.07, 6.45) is -0.279. The summed E-state index contributed by atoms with van der Waals surface area (Å²) in [5.74, 6) is 0. The van der Waals surface area contributed by atoms with Crippen LogP contribution in [0.2, 0.25) is 0 Å². The Labute approximate surface area is 181 Å². The third-order valence-electron chi connectivity index (χ3n) is 1.16. The molecule has 206 valence electrons. The minimum absolute atomic E-state index is 0.0476. The molecule has 0 atom stereocenters. The second-order valence-corrected chi connectivity index (χ2v) is 9.98. The summed E-state index contributed by atoms with van der Waals surface area (Å²) in [6, 6.07) is 0. The molecule has 33 heavy (non-hydrogen) atoms. The van der Waals surface area contributed by atoms with Gasteiger partial charge in [0.1, 0.15) is 0 Å². The smallest absolute Gasteiger partial charge is 0.350 e. The molecule has 0 aliphatic rings. The SMILES string of the molecule is CCOP(=O)(OCC)C(O)(O)C=O.O=P(O)(O)F.O=P(O)(O)F.O=P(O)(O)F.O=P(O)(O)F. The minimum atomic E-state index is -5.14. The number of hydrogen-bond acceptors (Lipinski definition) is 10. The van der Waals surface area contributed by atoms with E-state index in [9.17, 15) is 26.1 Å². The van der Waals surface area contributed by atoms with E-state index in [1.165, 1.54) is 13.8 Å². The molecule has 0 amide bonds. The lowest BCUT2D eigenvalue weighted by molar-refractivity contribution is -0.147. The predicted octanol–water partition coefficient (Wildman–Crippen LogP) is 0.284. The monoisotopic (exact) mass is 612 g/mol. The number of halogens is 4. The van der Waals surface area contributed by atoms with Crippen LogP contribution in [0.25, 0.3) is 0 Å². The minimum Gasteiger partial charge on any atom is -0.350 e. The van der Waals surface area contributed by atoms with Crippen molar-refractivity contribution in [1.29, 1.82) is 0 Å². The number of carbonyl (C=O) groups is 1. The molecule has 0 saturated carbocycles. The maximum Gasteiger partial charge on any atom is 0.507 e. The van der Waals surface area contributed by atoms with Gasteiger partial charge in [0.05, 0.1) is 13.2 Å². The number of aliphatic hydroxyl groups is 2. The Kier molecular flexibility index (Phi) is 24.0. The van der Waals surface area contributed by atoms with Gasteiger partial charge >= 0.3 is 44.7 Å². The van der Waals surface area contributed by atoms with Crippen LogP contribution in [0.5, 0.6) is 0 Å². The summed E-state index contributed by atoms with van der Waals surface area (Å²) in [7, 11) is -24.7. The van der Waals surface area contributed by atoms with Crippen molar-refractivity contribution in [3.05, 3.63) is 0 Å². The predicted molar refractivity (Wildman–Crippen MR) is 96.7 cm³/mol. The fourth-order valence-electron chi connectivity index (χ4n) is 0.632. The molecule has 0 unspecified atom stereocenters.